The quantitative estimate of drug-likeness (QED) is 0.679. The van der Waals surface area contributed by atoms with Gasteiger partial charge < -0.3 is 5.11 Å². The number of aliphatic hydroxyl groups excluding tert-OH is 1. The first kappa shape index (κ1) is 14.9. The van der Waals surface area contributed by atoms with Crippen LogP contribution in [0, 0.1) is 17.0 Å². The Labute approximate surface area is 119 Å². The lowest BCUT2D eigenvalue weighted by Gasteiger charge is -2.37. The molecule has 0 aliphatic carbocycles. The number of benzene rings is 1. The van der Waals surface area contributed by atoms with E-state index in [9.17, 15) is 15.2 Å². The van der Waals surface area contributed by atoms with E-state index in [0.29, 0.717) is 12.1 Å². The third kappa shape index (κ3) is 3.35. The predicted molar refractivity (Wildman–Crippen MR) is 77.6 cm³/mol. The van der Waals surface area contributed by atoms with Crippen LogP contribution < -0.4 is 0 Å². The van der Waals surface area contributed by atoms with Crippen LogP contribution in [0.5, 0.6) is 0 Å². The fourth-order valence-corrected chi connectivity index (χ4v) is 2.94. The Kier molecular flexibility index (Phi) is 4.73. The molecule has 2 atom stereocenters. The zero-order valence-electron chi connectivity index (χ0n) is 12.1. The second-order valence-electron chi connectivity index (χ2n) is 5.65. The molecule has 2 unspecified atom stereocenters. The maximum Gasteiger partial charge on any atom is 0.272 e. The van der Waals surface area contributed by atoms with Crippen LogP contribution >= 0.6 is 0 Å². The molecule has 0 bridgehead atoms. The van der Waals surface area contributed by atoms with Gasteiger partial charge in [-0.3, -0.25) is 15.0 Å². The Bertz CT molecular complexity index is 488. The number of piperidine rings is 1. The van der Waals surface area contributed by atoms with Gasteiger partial charge in [-0.15, -0.1) is 0 Å². The molecule has 0 amide bonds. The fourth-order valence-electron chi connectivity index (χ4n) is 2.94. The number of nitro benzene ring substituents is 1. The minimum absolute atomic E-state index is 0.157. The first-order valence-electron chi connectivity index (χ1n) is 7.15. The third-order valence-corrected chi connectivity index (χ3v) is 4.08. The molecule has 1 fully saturated rings. The molecule has 20 heavy (non-hydrogen) atoms. The summed E-state index contributed by atoms with van der Waals surface area (Å²) in [6.07, 6.45) is 2.89. The van der Waals surface area contributed by atoms with Crippen molar-refractivity contribution in [1.29, 1.82) is 0 Å². The summed E-state index contributed by atoms with van der Waals surface area (Å²) in [4.78, 5) is 12.9. The van der Waals surface area contributed by atoms with Gasteiger partial charge in [0.1, 0.15) is 0 Å². The maximum absolute atomic E-state index is 11.0. The Hall–Kier alpha value is -1.46. The zero-order valence-corrected chi connectivity index (χ0v) is 12.1. The number of likely N-dealkylation sites (tertiary alicyclic amines) is 1. The zero-order chi connectivity index (χ0) is 14.7. The van der Waals surface area contributed by atoms with Crippen molar-refractivity contribution in [2.45, 2.75) is 51.8 Å². The highest BCUT2D eigenvalue weighted by Crippen LogP contribution is 2.25. The number of hydrogen-bond acceptors (Lipinski definition) is 4. The summed E-state index contributed by atoms with van der Waals surface area (Å²) in [5.74, 6) is 0. The third-order valence-electron chi connectivity index (χ3n) is 4.08. The second kappa shape index (κ2) is 6.33. The number of hydrogen-bond donors (Lipinski definition) is 1. The van der Waals surface area contributed by atoms with Crippen molar-refractivity contribution < 1.29 is 10.0 Å². The van der Waals surface area contributed by atoms with E-state index >= 15 is 0 Å². The Balaban J connectivity index is 2.16. The van der Waals surface area contributed by atoms with Crippen LogP contribution in [0.3, 0.4) is 0 Å². The van der Waals surface area contributed by atoms with E-state index in [1.807, 2.05) is 13.0 Å². The normalized spacial score (nSPS) is 21.6. The molecule has 5 heteroatoms. The first-order valence-corrected chi connectivity index (χ1v) is 7.15. The number of nitro groups is 1. The van der Waals surface area contributed by atoms with Crippen LogP contribution in [0.4, 0.5) is 5.69 Å². The van der Waals surface area contributed by atoms with E-state index < -0.39 is 0 Å². The number of nitrogens with zero attached hydrogens (tertiary/aromatic N) is 2. The molecule has 110 valence electrons. The standard InChI is InChI=1S/C15H22N2O3/c1-11-6-7-13(9-15(11)17(19)20)10-16-8-4-3-5-14(16)12(2)18/h6-7,9,12,14,18H,3-5,8,10H2,1-2H3. The van der Waals surface area contributed by atoms with Crippen LogP contribution in [0.15, 0.2) is 18.2 Å². The molecule has 1 saturated heterocycles. The fraction of sp³-hybridized carbons (Fsp3) is 0.600. The van der Waals surface area contributed by atoms with Gasteiger partial charge in [0.15, 0.2) is 0 Å². The predicted octanol–water partition coefficient (Wildman–Crippen LogP) is 2.64. The van der Waals surface area contributed by atoms with E-state index in [-0.39, 0.29) is 22.8 Å². The summed E-state index contributed by atoms with van der Waals surface area (Å²) in [7, 11) is 0. The highest BCUT2D eigenvalue weighted by Gasteiger charge is 2.26. The largest absolute Gasteiger partial charge is 0.392 e. The van der Waals surface area contributed by atoms with Crippen molar-refractivity contribution in [2.24, 2.45) is 0 Å². The highest BCUT2D eigenvalue weighted by molar-refractivity contribution is 5.42. The molecule has 0 aromatic heterocycles. The molecule has 0 spiro atoms. The topological polar surface area (TPSA) is 66.6 Å². The summed E-state index contributed by atoms with van der Waals surface area (Å²) >= 11 is 0. The Morgan fingerprint density at radius 1 is 1.50 bits per heavy atom. The van der Waals surface area contributed by atoms with Crippen molar-refractivity contribution in [3.8, 4) is 0 Å². The van der Waals surface area contributed by atoms with Gasteiger partial charge in [-0.2, -0.15) is 0 Å². The van der Waals surface area contributed by atoms with Gasteiger partial charge in [0.05, 0.1) is 11.0 Å². The van der Waals surface area contributed by atoms with Gasteiger partial charge in [-0.25, -0.2) is 0 Å². The van der Waals surface area contributed by atoms with Crippen LogP contribution in [0.2, 0.25) is 0 Å². The number of aryl methyl sites for hydroxylation is 1. The average Bonchev–Trinajstić information content (AvgIpc) is 2.41. The maximum atomic E-state index is 11.0. The molecule has 1 aromatic carbocycles. The number of rotatable bonds is 4. The van der Waals surface area contributed by atoms with Crippen molar-refractivity contribution in [3.63, 3.8) is 0 Å². The minimum atomic E-state index is -0.365. The summed E-state index contributed by atoms with van der Waals surface area (Å²) in [6, 6.07) is 5.55. The lowest BCUT2D eigenvalue weighted by atomic mass is 9.97. The van der Waals surface area contributed by atoms with Crippen molar-refractivity contribution >= 4 is 5.69 Å². The smallest absolute Gasteiger partial charge is 0.272 e. The summed E-state index contributed by atoms with van der Waals surface area (Å²) in [6.45, 7) is 5.18. The summed E-state index contributed by atoms with van der Waals surface area (Å²) in [5, 5.41) is 20.9. The Morgan fingerprint density at radius 3 is 2.90 bits per heavy atom. The monoisotopic (exact) mass is 278 g/mol. The molecule has 2 rings (SSSR count). The molecule has 1 heterocycles. The van der Waals surface area contributed by atoms with E-state index in [1.54, 1.807) is 19.1 Å². The van der Waals surface area contributed by atoms with Crippen LogP contribution in [0.1, 0.15) is 37.3 Å². The first-order chi connectivity index (χ1) is 9.49. The van der Waals surface area contributed by atoms with Crippen LogP contribution in [0.25, 0.3) is 0 Å². The van der Waals surface area contributed by atoms with Crippen LogP contribution in [-0.4, -0.2) is 33.6 Å². The van der Waals surface area contributed by atoms with Crippen molar-refractivity contribution in [1.82, 2.24) is 4.90 Å². The molecule has 1 aliphatic rings. The summed E-state index contributed by atoms with van der Waals surface area (Å²) in [5.41, 5.74) is 1.80. The highest BCUT2D eigenvalue weighted by atomic mass is 16.6. The molecule has 1 aliphatic heterocycles. The van der Waals surface area contributed by atoms with Gasteiger partial charge in [-0.1, -0.05) is 18.6 Å². The lowest BCUT2D eigenvalue weighted by molar-refractivity contribution is -0.385. The molecular weight excluding hydrogens is 256 g/mol. The van der Waals surface area contributed by atoms with E-state index in [2.05, 4.69) is 4.90 Å². The summed E-state index contributed by atoms with van der Waals surface area (Å²) < 4.78 is 0. The second-order valence-corrected chi connectivity index (χ2v) is 5.65. The Morgan fingerprint density at radius 2 is 2.25 bits per heavy atom. The van der Waals surface area contributed by atoms with E-state index in [0.717, 1.165) is 31.4 Å². The van der Waals surface area contributed by atoms with Gasteiger partial charge >= 0.3 is 0 Å². The molecule has 5 nitrogen and oxygen atoms in total. The molecule has 0 radical (unpaired) electrons. The van der Waals surface area contributed by atoms with Crippen LogP contribution in [-0.2, 0) is 6.54 Å². The van der Waals surface area contributed by atoms with Gasteiger partial charge in [-0.05, 0) is 38.8 Å². The molecular formula is C15H22N2O3. The molecule has 1 N–H and O–H groups in total. The lowest BCUT2D eigenvalue weighted by Crippen LogP contribution is -2.45. The van der Waals surface area contributed by atoms with E-state index in [1.165, 1.54) is 0 Å². The van der Waals surface area contributed by atoms with Crippen molar-refractivity contribution in [3.05, 3.63) is 39.4 Å². The SMILES string of the molecule is Cc1ccc(CN2CCCCC2C(C)O)cc1[N+](=O)[O-]. The molecule has 1 aromatic rings. The van der Waals surface area contributed by atoms with Gasteiger partial charge in [0, 0.05) is 24.2 Å². The molecule has 0 saturated carbocycles. The van der Waals surface area contributed by atoms with Gasteiger partial charge in [0.25, 0.3) is 5.69 Å². The van der Waals surface area contributed by atoms with Gasteiger partial charge in [0.2, 0.25) is 0 Å². The average molecular weight is 278 g/mol. The minimum Gasteiger partial charge on any atom is -0.392 e. The van der Waals surface area contributed by atoms with Crippen molar-refractivity contribution in [2.75, 3.05) is 6.54 Å². The number of aliphatic hydroxyl groups is 1. The van der Waals surface area contributed by atoms with E-state index in [4.69, 9.17) is 0 Å².